The second kappa shape index (κ2) is 10.1. The van der Waals surface area contributed by atoms with Crippen LogP contribution in [0.5, 0.6) is 0 Å². The molecule has 0 N–H and O–H groups in total. The van der Waals surface area contributed by atoms with Gasteiger partial charge in [-0.05, 0) is 63.3 Å². The highest BCUT2D eigenvalue weighted by Gasteiger charge is 2.28. The number of hydrogen-bond acceptors (Lipinski definition) is 5. The summed E-state index contributed by atoms with van der Waals surface area (Å²) in [6.45, 7) is 7.41. The van der Waals surface area contributed by atoms with Crippen molar-refractivity contribution < 1.29 is 22.7 Å². The largest absolute Gasteiger partial charge is 0.466 e. The minimum absolute atomic E-state index is 0.000784. The van der Waals surface area contributed by atoms with E-state index >= 15 is 0 Å². The Morgan fingerprint density at radius 3 is 2.38 bits per heavy atom. The molecule has 8 heteroatoms. The molecule has 1 aliphatic rings. The molecule has 1 heterocycles. The van der Waals surface area contributed by atoms with Crippen LogP contribution in [-0.2, 0) is 24.3 Å². The standard InChI is InChI=1S/C21H32N2O5S/c1-5-28-21(25)18-10-13-22(14-11-18)20(24)7-6-12-23(29(4,26)27)19-9-8-16(2)17(3)15-19/h8-9,15,18H,5-7,10-14H2,1-4H3. The number of hydrogen-bond donors (Lipinski definition) is 0. The lowest BCUT2D eigenvalue weighted by Gasteiger charge is -2.31. The highest BCUT2D eigenvalue weighted by molar-refractivity contribution is 7.92. The molecule has 2 rings (SSSR count). The minimum atomic E-state index is -3.44. The predicted molar refractivity (Wildman–Crippen MR) is 113 cm³/mol. The summed E-state index contributed by atoms with van der Waals surface area (Å²) < 4.78 is 30.9. The fourth-order valence-electron chi connectivity index (χ4n) is 3.52. The van der Waals surface area contributed by atoms with Crippen molar-refractivity contribution >= 4 is 27.6 Å². The first-order valence-electron chi connectivity index (χ1n) is 10.1. The number of aryl methyl sites for hydroxylation is 2. The van der Waals surface area contributed by atoms with Crippen LogP contribution in [0.4, 0.5) is 5.69 Å². The SMILES string of the molecule is CCOC(=O)C1CCN(C(=O)CCCN(c2ccc(C)c(C)c2)S(C)(=O)=O)CC1. The number of ether oxygens (including phenoxy) is 1. The molecule has 1 aromatic carbocycles. The third kappa shape index (κ3) is 6.45. The number of sulfonamides is 1. The van der Waals surface area contributed by atoms with Gasteiger partial charge in [-0.25, -0.2) is 8.42 Å². The van der Waals surface area contributed by atoms with Crippen molar-refractivity contribution in [3.8, 4) is 0 Å². The smallest absolute Gasteiger partial charge is 0.309 e. The van der Waals surface area contributed by atoms with Gasteiger partial charge in [0.2, 0.25) is 15.9 Å². The maximum atomic E-state index is 12.5. The molecule has 0 unspecified atom stereocenters. The second-order valence-electron chi connectivity index (χ2n) is 7.61. The third-order valence-corrected chi connectivity index (χ3v) is 6.59. The van der Waals surface area contributed by atoms with Crippen molar-refractivity contribution in [3.05, 3.63) is 29.3 Å². The lowest BCUT2D eigenvalue weighted by atomic mass is 9.97. The van der Waals surface area contributed by atoms with Crippen LogP contribution in [-0.4, -0.2) is 57.7 Å². The molecule has 0 saturated carbocycles. The molecule has 1 aliphatic heterocycles. The summed E-state index contributed by atoms with van der Waals surface area (Å²) in [5, 5.41) is 0. The van der Waals surface area contributed by atoms with Gasteiger partial charge >= 0.3 is 5.97 Å². The number of piperidine rings is 1. The topological polar surface area (TPSA) is 84.0 Å². The van der Waals surface area contributed by atoms with E-state index in [1.807, 2.05) is 26.0 Å². The fraction of sp³-hybridized carbons (Fsp3) is 0.619. The number of amides is 1. The van der Waals surface area contributed by atoms with Crippen molar-refractivity contribution in [1.82, 2.24) is 4.90 Å². The number of rotatable bonds is 8. The Kier molecular flexibility index (Phi) is 8.07. The highest BCUT2D eigenvalue weighted by Crippen LogP contribution is 2.23. The molecule has 0 aromatic heterocycles. The van der Waals surface area contributed by atoms with Gasteiger partial charge < -0.3 is 9.64 Å². The van der Waals surface area contributed by atoms with Crippen LogP contribution in [0.1, 0.15) is 43.7 Å². The van der Waals surface area contributed by atoms with Crippen molar-refractivity contribution in [2.24, 2.45) is 5.92 Å². The summed E-state index contributed by atoms with van der Waals surface area (Å²) in [5.74, 6) is -0.317. The molecule has 7 nitrogen and oxygen atoms in total. The van der Waals surface area contributed by atoms with Crippen LogP contribution in [0.2, 0.25) is 0 Å². The first kappa shape index (κ1) is 23.2. The number of nitrogens with zero attached hydrogens (tertiary/aromatic N) is 2. The maximum Gasteiger partial charge on any atom is 0.309 e. The van der Waals surface area contributed by atoms with Crippen LogP contribution in [0.3, 0.4) is 0 Å². The number of benzene rings is 1. The van der Waals surface area contributed by atoms with Gasteiger partial charge in [-0.3, -0.25) is 13.9 Å². The van der Waals surface area contributed by atoms with E-state index in [0.29, 0.717) is 44.6 Å². The van der Waals surface area contributed by atoms with Crippen LogP contribution in [0.25, 0.3) is 0 Å². The number of esters is 1. The van der Waals surface area contributed by atoms with Gasteiger partial charge in [-0.1, -0.05) is 6.07 Å². The van der Waals surface area contributed by atoms with Gasteiger partial charge in [0.1, 0.15) is 0 Å². The monoisotopic (exact) mass is 424 g/mol. The van der Waals surface area contributed by atoms with Gasteiger partial charge in [0.25, 0.3) is 0 Å². The summed E-state index contributed by atoms with van der Waals surface area (Å²) >= 11 is 0. The normalized spacial score (nSPS) is 15.2. The summed E-state index contributed by atoms with van der Waals surface area (Å²) in [6, 6.07) is 5.56. The predicted octanol–water partition coefficient (Wildman–Crippen LogP) is 2.65. The molecule has 162 valence electrons. The van der Waals surface area contributed by atoms with Crippen LogP contribution < -0.4 is 4.31 Å². The van der Waals surface area contributed by atoms with Crippen molar-refractivity contribution in [1.29, 1.82) is 0 Å². The van der Waals surface area contributed by atoms with E-state index in [4.69, 9.17) is 4.74 Å². The van der Waals surface area contributed by atoms with E-state index in [1.165, 1.54) is 10.6 Å². The molecule has 0 radical (unpaired) electrons. The van der Waals surface area contributed by atoms with Gasteiger partial charge in [0.05, 0.1) is 24.5 Å². The van der Waals surface area contributed by atoms with Crippen LogP contribution in [0, 0.1) is 19.8 Å². The molecule has 1 amide bonds. The number of anilines is 1. The van der Waals surface area contributed by atoms with E-state index in [-0.39, 0.29) is 30.8 Å². The molecule has 1 fully saturated rings. The van der Waals surface area contributed by atoms with Crippen molar-refractivity contribution in [2.75, 3.05) is 36.8 Å². The molecule has 1 aromatic rings. The van der Waals surface area contributed by atoms with E-state index in [9.17, 15) is 18.0 Å². The van der Waals surface area contributed by atoms with E-state index in [1.54, 1.807) is 17.9 Å². The Bertz CT molecular complexity index is 829. The highest BCUT2D eigenvalue weighted by atomic mass is 32.2. The molecule has 0 spiro atoms. The van der Waals surface area contributed by atoms with Crippen molar-refractivity contribution in [3.63, 3.8) is 0 Å². The zero-order valence-corrected chi connectivity index (χ0v) is 18.6. The van der Waals surface area contributed by atoms with Crippen LogP contribution >= 0.6 is 0 Å². The molecular formula is C21H32N2O5S. The zero-order valence-electron chi connectivity index (χ0n) is 17.8. The van der Waals surface area contributed by atoms with Gasteiger partial charge in [-0.15, -0.1) is 0 Å². The average molecular weight is 425 g/mol. The summed E-state index contributed by atoms with van der Waals surface area (Å²) in [7, 11) is -3.44. The number of carbonyl (C=O) groups excluding carboxylic acids is 2. The zero-order chi connectivity index (χ0) is 21.6. The molecule has 1 saturated heterocycles. The maximum absolute atomic E-state index is 12.5. The minimum Gasteiger partial charge on any atom is -0.466 e. The van der Waals surface area contributed by atoms with E-state index in [0.717, 1.165) is 11.1 Å². The summed E-state index contributed by atoms with van der Waals surface area (Å²) in [5.41, 5.74) is 2.75. The van der Waals surface area contributed by atoms with E-state index in [2.05, 4.69) is 0 Å². The van der Waals surface area contributed by atoms with Gasteiger partial charge in [0.15, 0.2) is 0 Å². The molecule has 0 atom stereocenters. The lowest BCUT2D eigenvalue weighted by molar-refractivity contribution is -0.151. The molecule has 0 bridgehead atoms. The average Bonchev–Trinajstić information content (AvgIpc) is 2.67. The Morgan fingerprint density at radius 1 is 1.17 bits per heavy atom. The third-order valence-electron chi connectivity index (χ3n) is 5.40. The fourth-order valence-corrected chi connectivity index (χ4v) is 4.48. The molecular weight excluding hydrogens is 392 g/mol. The summed E-state index contributed by atoms with van der Waals surface area (Å²) in [6.07, 6.45) is 3.13. The van der Waals surface area contributed by atoms with Gasteiger partial charge in [-0.2, -0.15) is 0 Å². The second-order valence-corrected chi connectivity index (χ2v) is 9.52. The summed E-state index contributed by atoms with van der Waals surface area (Å²) in [4.78, 5) is 26.1. The molecule has 0 aliphatic carbocycles. The van der Waals surface area contributed by atoms with Gasteiger partial charge in [0, 0.05) is 26.1 Å². The first-order chi connectivity index (χ1) is 13.6. The lowest BCUT2D eigenvalue weighted by Crippen LogP contribution is -2.41. The van der Waals surface area contributed by atoms with E-state index < -0.39 is 10.0 Å². The number of likely N-dealkylation sites (tertiary alicyclic amines) is 1. The Balaban J connectivity index is 1.89. The van der Waals surface area contributed by atoms with Crippen LogP contribution in [0.15, 0.2) is 18.2 Å². The first-order valence-corrected chi connectivity index (χ1v) is 12.0. The molecule has 29 heavy (non-hydrogen) atoms. The Labute approximate surface area is 174 Å². The quantitative estimate of drug-likeness (QED) is 0.599. The Hall–Kier alpha value is -2.09. The number of carbonyl (C=O) groups is 2. The van der Waals surface area contributed by atoms with Crippen molar-refractivity contribution in [2.45, 2.75) is 46.5 Å². The Morgan fingerprint density at radius 2 is 1.83 bits per heavy atom.